The zero-order chi connectivity index (χ0) is 17.7. The summed E-state index contributed by atoms with van der Waals surface area (Å²) in [5, 5.41) is 0. The van der Waals surface area contributed by atoms with Gasteiger partial charge in [-0.25, -0.2) is 0 Å². The zero-order valence-corrected chi connectivity index (χ0v) is 17.0. The molecule has 0 N–H and O–H groups in total. The Balaban J connectivity index is 2.08. The Morgan fingerprint density at radius 2 is 1.88 bits per heavy atom. The molecule has 4 heteroatoms. The number of halogens is 1. The molecule has 0 spiro atoms. The van der Waals surface area contributed by atoms with Gasteiger partial charge >= 0.3 is 5.97 Å². The van der Waals surface area contributed by atoms with Gasteiger partial charge in [0.15, 0.2) is 0 Å². The lowest BCUT2D eigenvalue weighted by Gasteiger charge is -2.44. The molecule has 0 aliphatic carbocycles. The van der Waals surface area contributed by atoms with Crippen LogP contribution >= 0.6 is 22.6 Å². The second-order valence-electron chi connectivity index (χ2n) is 6.60. The van der Waals surface area contributed by atoms with E-state index in [0.717, 1.165) is 12.8 Å². The van der Waals surface area contributed by atoms with Crippen molar-refractivity contribution in [2.75, 3.05) is 0 Å². The topological polar surface area (TPSA) is 35.5 Å². The summed E-state index contributed by atoms with van der Waals surface area (Å²) in [6.07, 6.45) is 5.93. The minimum atomic E-state index is -0.232. The third-order valence-electron chi connectivity index (χ3n) is 4.90. The van der Waals surface area contributed by atoms with Gasteiger partial charge in [0, 0.05) is 16.4 Å². The molecule has 1 heterocycles. The predicted octanol–water partition coefficient (Wildman–Crippen LogP) is 5.08. The van der Waals surface area contributed by atoms with Crippen molar-refractivity contribution in [3.8, 4) is 0 Å². The van der Waals surface area contributed by atoms with E-state index in [1.807, 2.05) is 0 Å². The molecule has 0 aromatic heterocycles. The van der Waals surface area contributed by atoms with Crippen LogP contribution in [0, 0.1) is 15.4 Å². The summed E-state index contributed by atoms with van der Waals surface area (Å²) in [5.41, 5.74) is 1.17. The average molecular weight is 442 g/mol. The maximum absolute atomic E-state index is 11.5. The second-order valence-corrected chi connectivity index (χ2v) is 7.85. The second kappa shape index (κ2) is 8.99. The first-order valence-corrected chi connectivity index (χ1v) is 9.75. The van der Waals surface area contributed by atoms with Crippen LogP contribution in [0.25, 0.3) is 6.08 Å². The molecule has 132 valence electrons. The standard InChI is InChI=1S/C20H27IO3/c1-5-18-13(2)14(3)20(23-15(4)22)19(24-18)8-6-7-16-9-11-17(21)12-10-16/h6-7,9-14,18-20H,5,8H2,1-4H3/b7-6+/t13-,14+,18-,19-,20+/m1/s1. The quantitative estimate of drug-likeness (QED) is 0.472. The molecule has 1 fully saturated rings. The first-order valence-electron chi connectivity index (χ1n) is 8.67. The van der Waals surface area contributed by atoms with Crippen molar-refractivity contribution >= 4 is 34.6 Å². The molecular formula is C20H27IO3. The maximum Gasteiger partial charge on any atom is 0.303 e. The van der Waals surface area contributed by atoms with E-state index in [0.29, 0.717) is 11.8 Å². The number of rotatable bonds is 5. The van der Waals surface area contributed by atoms with Gasteiger partial charge in [-0.15, -0.1) is 0 Å². The Morgan fingerprint density at radius 1 is 1.21 bits per heavy atom. The van der Waals surface area contributed by atoms with Crippen LogP contribution in [0.4, 0.5) is 0 Å². The van der Waals surface area contributed by atoms with E-state index in [1.165, 1.54) is 16.1 Å². The first kappa shape index (κ1) is 19.4. The van der Waals surface area contributed by atoms with Crippen LogP contribution in [-0.2, 0) is 14.3 Å². The molecular weight excluding hydrogens is 415 g/mol. The third kappa shape index (κ3) is 5.06. The van der Waals surface area contributed by atoms with Gasteiger partial charge in [-0.2, -0.15) is 0 Å². The van der Waals surface area contributed by atoms with Gasteiger partial charge < -0.3 is 9.47 Å². The normalized spacial score (nSPS) is 30.5. The van der Waals surface area contributed by atoms with E-state index >= 15 is 0 Å². The molecule has 0 saturated carbocycles. The molecule has 3 nitrogen and oxygen atoms in total. The number of benzene rings is 1. The fraction of sp³-hybridized carbons (Fsp3) is 0.550. The number of hydrogen-bond acceptors (Lipinski definition) is 3. The number of carbonyl (C=O) groups is 1. The summed E-state index contributed by atoms with van der Waals surface area (Å²) in [6.45, 7) is 7.98. The van der Waals surface area contributed by atoms with Gasteiger partial charge in [0.1, 0.15) is 6.10 Å². The van der Waals surface area contributed by atoms with Crippen molar-refractivity contribution in [1.29, 1.82) is 0 Å². The lowest BCUT2D eigenvalue weighted by Crippen LogP contribution is -2.50. The minimum Gasteiger partial charge on any atom is -0.459 e. The Labute approximate surface area is 158 Å². The van der Waals surface area contributed by atoms with Gasteiger partial charge in [0.2, 0.25) is 0 Å². The summed E-state index contributed by atoms with van der Waals surface area (Å²) >= 11 is 2.30. The molecule has 0 amide bonds. The fourth-order valence-electron chi connectivity index (χ4n) is 3.35. The molecule has 2 rings (SSSR count). The number of hydrogen-bond donors (Lipinski definition) is 0. The smallest absolute Gasteiger partial charge is 0.303 e. The Bertz CT molecular complexity index is 567. The van der Waals surface area contributed by atoms with Crippen LogP contribution in [-0.4, -0.2) is 24.3 Å². The largest absolute Gasteiger partial charge is 0.459 e. The first-order chi connectivity index (χ1) is 11.4. The number of ether oxygens (including phenoxy) is 2. The molecule has 5 atom stereocenters. The van der Waals surface area contributed by atoms with Crippen LogP contribution in [0.5, 0.6) is 0 Å². The van der Waals surface area contributed by atoms with E-state index in [1.54, 1.807) is 0 Å². The van der Waals surface area contributed by atoms with Crippen molar-refractivity contribution in [1.82, 2.24) is 0 Å². The highest BCUT2D eigenvalue weighted by Crippen LogP contribution is 2.35. The van der Waals surface area contributed by atoms with E-state index in [4.69, 9.17) is 9.47 Å². The van der Waals surface area contributed by atoms with Crippen LogP contribution in [0.3, 0.4) is 0 Å². The highest BCUT2D eigenvalue weighted by atomic mass is 127. The van der Waals surface area contributed by atoms with Gasteiger partial charge in [0.25, 0.3) is 0 Å². The van der Waals surface area contributed by atoms with Crippen LogP contribution < -0.4 is 0 Å². The number of carbonyl (C=O) groups excluding carboxylic acids is 1. The van der Waals surface area contributed by atoms with Crippen LogP contribution in [0.2, 0.25) is 0 Å². The van der Waals surface area contributed by atoms with E-state index in [2.05, 4.69) is 79.8 Å². The molecule has 24 heavy (non-hydrogen) atoms. The monoisotopic (exact) mass is 442 g/mol. The fourth-order valence-corrected chi connectivity index (χ4v) is 3.71. The summed E-state index contributed by atoms with van der Waals surface area (Å²) in [6, 6.07) is 8.39. The Kier molecular flexibility index (Phi) is 7.29. The zero-order valence-electron chi connectivity index (χ0n) is 14.9. The lowest BCUT2D eigenvalue weighted by atomic mass is 9.79. The molecule has 1 aliphatic heterocycles. The molecule has 0 bridgehead atoms. The highest BCUT2D eigenvalue weighted by molar-refractivity contribution is 14.1. The van der Waals surface area contributed by atoms with Gasteiger partial charge in [-0.05, 0) is 59.0 Å². The summed E-state index contributed by atoms with van der Waals surface area (Å²) < 4.78 is 13.1. The van der Waals surface area contributed by atoms with Gasteiger partial charge in [-0.3, -0.25) is 4.79 Å². The SMILES string of the molecule is CC[C@H]1O[C@H](C/C=C/c2ccc(I)cc2)[C@@H](OC(C)=O)[C@@H](C)[C@H]1C. The molecule has 1 saturated heterocycles. The average Bonchev–Trinajstić information content (AvgIpc) is 2.55. The van der Waals surface area contributed by atoms with Gasteiger partial charge in [-0.1, -0.05) is 45.1 Å². The van der Waals surface area contributed by atoms with E-state index in [-0.39, 0.29) is 24.3 Å². The lowest BCUT2D eigenvalue weighted by molar-refractivity contribution is -0.193. The van der Waals surface area contributed by atoms with Crippen molar-refractivity contribution < 1.29 is 14.3 Å². The van der Waals surface area contributed by atoms with Crippen molar-refractivity contribution in [3.05, 3.63) is 39.5 Å². The molecule has 0 radical (unpaired) electrons. The molecule has 1 aromatic carbocycles. The van der Waals surface area contributed by atoms with Crippen molar-refractivity contribution in [2.45, 2.75) is 58.8 Å². The van der Waals surface area contributed by atoms with Gasteiger partial charge in [0.05, 0.1) is 12.2 Å². The molecule has 1 aliphatic rings. The van der Waals surface area contributed by atoms with Crippen molar-refractivity contribution in [3.63, 3.8) is 0 Å². The summed E-state index contributed by atoms with van der Waals surface area (Å²) in [5.74, 6) is 0.448. The number of esters is 1. The minimum absolute atomic E-state index is 0.0786. The summed E-state index contributed by atoms with van der Waals surface area (Å²) in [7, 11) is 0. The molecule has 1 aromatic rings. The molecule has 0 unspecified atom stereocenters. The predicted molar refractivity (Wildman–Crippen MR) is 106 cm³/mol. The van der Waals surface area contributed by atoms with Crippen LogP contribution in [0.15, 0.2) is 30.3 Å². The summed E-state index contributed by atoms with van der Waals surface area (Å²) in [4.78, 5) is 11.5. The maximum atomic E-state index is 11.5. The highest BCUT2D eigenvalue weighted by Gasteiger charge is 2.41. The Hall–Kier alpha value is -0.880. The van der Waals surface area contributed by atoms with E-state index < -0.39 is 0 Å². The van der Waals surface area contributed by atoms with Crippen molar-refractivity contribution in [2.24, 2.45) is 11.8 Å². The van der Waals surface area contributed by atoms with E-state index in [9.17, 15) is 4.79 Å². The third-order valence-corrected chi connectivity index (χ3v) is 5.62. The van der Waals surface area contributed by atoms with Crippen LogP contribution in [0.1, 0.15) is 46.1 Å². The Morgan fingerprint density at radius 3 is 2.46 bits per heavy atom.